The summed E-state index contributed by atoms with van der Waals surface area (Å²) in [5.41, 5.74) is 0.0241. The lowest BCUT2D eigenvalue weighted by molar-refractivity contribution is -0.0992. The van der Waals surface area contributed by atoms with Gasteiger partial charge in [0.25, 0.3) is 5.91 Å². The van der Waals surface area contributed by atoms with Gasteiger partial charge in [0.2, 0.25) is 0 Å². The Bertz CT molecular complexity index is 780. The molecule has 1 amide bonds. The molecule has 9 nitrogen and oxygen atoms in total. The van der Waals surface area contributed by atoms with Crippen LogP contribution in [0.4, 0.5) is 5.82 Å². The number of carbonyl (C=O) groups is 1. The first-order chi connectivity index (χ1) is 12.2. The van der Waals surface area contributed by atoms with Crippen molar-refractivity contribution in [2.75, 3.05) is 25.2 Å². The molecule has 2 atom stereocenters. The predicted molar refractivity (Wildman–Crippen MR) is 87.8 cm³/mol. The van der Waals surface area contributed by atoms with Crippen molar-refractivity contribution in [1.82, 2.24) is 14.9 Å². The number of rotatable bonds is 6. The molecule has 1 aliphatic rings. The van der Waals surface area contributed by atoms with Gasteiger partial charge in [-0.15, -0.1) is 0 Å². The topological polar surface area (TPSA) is 115 Å². The number of ether oxygens (including phenoxy) is 2. The minimum absolute atomic E-state index is 0.125. The van der Waals surface area contributed by atoms with Gasteiger partial charge in [-0.25, -0.2) is 4.79 Å². The van der Waals surface area contributed by atoms with Crippen LogP contribution in [-0.2, 0) is 9.47 Å². The molecule has 0 aliphatic carbocycles. The lowest BCUT2D eigenvalue weighted by atomic mass is 10.2. The molecule has 3 rings (SSSR count). The number of hydrogen-bond donors (Lipinski definition) is 3. The van der Waals surface area contributed by atoms with Crippen LogP contribution < -0.4 is 16.3 Å². The summed E-state index contributed by atoms with van der Waals surface area (Å²) in [5, 5.41) is 14.5. The largest absolute Gasteiger partial charge is 0.391 e. The summed E-state index contributed by atoms with van der Waals surface area (Å²) in [6.07, 6.45) is 0.164. The maximum atomic E-state index is 12.1. The van der Waals surface area contributed by atoms with Gasteiger partial charge in [-0.3, -0.25) is 9.36 Å². The second-order valence-electron chi connectivity index (χ2n) is 5.26. The van der Waals surface area contributed by atoms with Crippen molar-refractivity contribution >= 4 is 11.7 Å². The van der Waals surface area contributed by atoms with Gasteiger partial charge in [-0.1, -0.05) is 18.2 Å². The van der Waals surface area contributed by atoms with Crippen LogP contribution in [0.2, 0.25) is 0 Å². The van der Waals surface area contributed by atoms with E-state index in [4.69, 9.17) is 14.6 Å². The Morgan fingerprint density at radius 1 is 1.32 bits per heavy atom. The van der Waals surface area contributed by atoms with Crippen LogP contribution in [0.25, 0.3) is 0 Å². The van der Waals surface area contributed by atoms with Gasteiger partial charge in [0.15, 0.2) is 12.5 Å². The monoisotopic (exact) mass is 346 g/mol. The molecule has 1 saturated heterocycles. The Hall–Kier alpha value is -2.75. The fourth-order valence-corrected chi connectivity index (χ4v) is 2.32. The Balaban J connectivity index is 1.55. The number of hydrogen-bond acceptors (Lipinski definition) is 7. The van der Waals surface area contributed by atoms with Gasteiger partial charge in [-0.2, -0.15) is 4.98 Å². The van der Waals surface area contributed by atoms with E-state index in [1.54, 1.807) is 30.3 Å². The van der Waals surface area contributed by atoms with Crippen molar-refractivity contribution in [2.45, 2.75) is 12.5 Å². The van der Waals surface area contributed by atoms with Gasteiger partial charge < -0.3 is 25.2 Å². The molecule has 25 heavy (non-hydrogen) atoms. The SMILES string of the molecule is O=C(NCNc1ccn(C2COC(CO)O2)c(=O)n1)c1ccccc1. The van der Waals surface area contributed by atoms with Gasteiger partial charge in [-0.05, 0) is 18.2 Å². The molecule has 1 aromatic carbocycles. The zero-order chi connectivity index (χ0) is 17.6. The van der Waals surface area contributed by atoms with Crippen molar-refractivity contribution in [3.8, 4) is 0 Å². The van der Waals surface area contributed by atoms with E-state index in [0.717, 1.165) is 0 Å². The molecule has 9 heteroatoms. The van der Waals surface area contributed by atoms with E-state index in [9.17, 15) is 9.59 Å². The number of anilines is 1. The quantitative estimate of drug-likeness (QED) is 0.626. The van der Waals surface area contributed by atoms with Crippen molar-refractivity contribution in [3.63, 3.8) is 0 Å². The average Bonchev–Trinajstić information content (AvgIpc) is 3.11. The fraction of sp³-hybridized carbons (Fsp3) is 0.312. The van der Waals surface area contributed by atoms with Crippen LogP contribution in [-0.4, -0.2) is 46.7 Å². The number of nitrogens with zero attached hydrogens (tertiary/aromatic N) is 2. The molecular formula is C16H18N4O5. The molecule has 132 valence electrons. The van der Waals surface area contributed by atoms with Crippen molar-refractivity contribution in [3.05, 3.63) is 58.6 Å². The van der Waals surface area contributed by atoms with E-state index >= 15 is 0 Å². The van der Waals surface area contributed by atoms with Crippen LogP contribution in [0.5, 0.6) is 0 Å². The molecule has 1 fully saturated rings. The Kier molecular flexibility index (Phi) is 5.39. The van der Waals surface area contributed by atoms with Crippen LogP contribution in [0.1, 0.15) is 16.6 Å². The highest BCUT2D eigenvalue weighted by Gasteiger charge is 2.27. The number of aromatic nitrogens is 2. The summed E-state index contributed by atoms with van der Waals surface area (Å²) in [6, 6.07) is 10.4. The second kappa shape index (κ2) is 7.88. The number of aliphatic hydroxyl groups excluding tert-OH is 1. The normalized spacial score (nSPS) is 19.6. The molecule has 0 spiro atoms. The highest BCUT2D eigenvalue weighted by Crippen LogP contribution is 2.19. The highest BCUT2D eigenvalue weighted by atomic mass is 16.7. The van der Waals surface area contributed by atoms with Crippen LogP contribution >= 0.6 is 0 Å². The lowest BCUT2D eigenvalue weighted by Gasteiger charge is -2.13. The zero-order valence-electron chi connectivity index (χ0n) is 13.3. The zero-order valence-corrected chi connectivity index (χ0v) is 13.3. The average molecular weight is 346 g/mol. The Morgan fingerprint density at radius 3 is 2.80 bits per heavy atom. The smallest absolute Gasteiger partial charge is 0.351 e. The Morgan fingerprint density at radius 2 is 2.12 bits per heavy atom. The summed E-state index contributed by atoms with van der Waals surface area (Å²) in [5.74, 6) is 0.0974. The number of aliphatic hydroxyl groups is 1. The molecule has 3 N–H and O–H groups in total. The molecule has 2 aromatic rings. The van der Waals surface area contributed by atoms with E-state index in [2.05, 4.69) is 15.6 Å². The molecule has 2 heterocycles. The van der Waals surface area contributed by atoms with Gasteiger partial charge in [0.05, 0.1) is 19.9 Å². The van der Waals surface area contributed by atoms with E-state index < -0.39 is 18.2 Å². The minimum atomic E-state index is -0.733. The standard InChI is InChI=1S/C16H18N4O5/c21-8-14-24-9-13(25-14)20-7-6-12(19-16(20)23)17-10-18-15(22)11-4-2-1-3-5-11/h1-7,13-14,21H,8-10H2,(H,18,22)(H,17,19,23). The third kappa shape index (κ3) is 4.21. The summed E-state index contributed by atoms with van der Waals surface area (Å²) < 4.78 is 11.8. The van der Waals surface area contributed by atoms with Gasteiger partial charge >= 0.3 is 5.69 Å². The number of carbonyl (C=O) groups excluding carboxylic acids is 1. The fourth-order valence-electron chi connectivity index (χ4n) is 2.32. The maximum absolute atomic E-state index is 12.1. The maximum Gasteiger partial charge on any atom is 0.351 e. The first kappa shape index (κ1) is 17.1. The molecule has 1 aromatic heterocycles. The van der Waals surface area contributed by atoms with Crippen molar-refractivity contribution in [1.29, 1.82) is 0 Å². The summed E-state index contributed by atoms with van der Waals surface area (Å²) >= 11 is 0. The minimum Gasteiger partial charge on any atom is -0.391 e. The van der Waals surface area contributed by atoms with Crippen molar-refractivity contribution < 1.29 is 19.4 Å². The highest BCUT2D eigenvalue weighted by molar-refractivity contribution is 5.94. The van der Waals surface area contributed by atoms with Crippen LogP contribution in [0, 0.1) is 0 Å². The molecule has 2 unspecified atom stereocenters. The number of amides is 1. The molecular weight excluding hydrogens is 328 g/mol. The number of nitrogens with one attached hydrogen (secondary N) is 2. The van der Waals surface area contributed by atoms with E-state index in [1.165, 1.54) is 10.8 Å². The first-order valence-corrected chi connectivity index (χ1v) is 7.71. The van der Waals surface area contributed by atoms with Crippen LogP contribution in [0.15, 0.2) is 47.4 Å². The lowest BCUT2D eigenvalue weighted by Crippen LogP contribution is -2.32. The predicted octanol–water partition coefficient (Wildman–Crippen LogP) is -0.0935. The molecule has 0 saturated carbocycles. The Labute approximate surface area is 143 Å². The second-order valence-corrected chi connectivity index (χ2v) is 5.26. The van der Waals surface area contributed by atoms with Gasteiger partial charge in [0, 0.05) is 11.8 Å². The number of benzene rings is 1. The van der Waals surface area contributed by atoms with E-state index in [-0.39, 0.29) is 25.8 Å². The summed E-state index contributed by atoms with van der Waals surface area (Å²) in [4.78, 5) is 27.9. The van der Waals surface area contributed by atoms with E-state index in [0.29, 0.717) is 11.4 Å². The molecule has 0 bridgehead atoms. The molecule has 0 radical (unpaired) electrons. The third-order valence-corrected chi connectivity index (χ3v) is 3.58. The first-order valence-electron chi connectivity index (χ1n) is 7.71. The van der Waals surface area contributed by atoms with E-state index in [1.807, 2.05) is 6.07 Å². The van der Waals surface area contributed by atoms with Crippen LogP contribution in [0.3, 0.4) is 0 Å². The summed E-state index contributed by atoms with van der Waals surface area (Å²) in [6.45, 7) is 0.00591. The van der Waals surface area contributed by atoms with Gasteiger partial charge in [0.1, 0.15) is 5.82 Å². The molecule has 1 aliphatic heterocycles. The third-order valence-electron chi connectivity index (χ3n) is 3.58. The summed E-state index contributed by atoms with van der Waals surface area (Å²) in [7, 11) is 0. The van der Waals surface area contributed by atoms with Crippen molar-refractivity contribution in [2.24, 2.45) is 0 Å².